The molecule has 33 heavy (non-hydrogen) atoms. The third kappa shape index (κ3) is 3.95. The molecule has 3 heterocycles. The van der Waals surface area contributed by atoms with Crippen LogP contribution in [0, 0.1) is 5.92 Å². The van der Waals surface area contributed by atoms with E-state index in [2.05, 4.69) is 15.4 Å². The summed E-state index contributed by atoms with van der Waals surface area (Å²) in [5, 5.41) is 9.24. The van der Waals surface area contributed by atoms with Crippen LogP contribution >= 0.6 is 11.3 Å². The molecule has 1 aliphatic heterocycles. The van der Waals surface area contributed by atoms with Crippen LogP contribution in [0.3, 0.4) is 0 Å². The van der Waals surface area contributed by atoms with E-state index in [-0.39, 0.29) is 30.2 Å². The Morgan fingerprint density at radius 2 is 1.94 bits per heavy atom. The van der Waals surface area contributed by atoms with Crippen molar-refractivity contribution in [3.8, 4) is 17.0 Å². The van der Waals surface area contributed by atoms with Crippen molar-refractivity contribution in [1.82, 2.24) is 19.5 Å². The number of fused-ring (bicyclic) bond motifs is 1. The molecule has 1 saturated heterocycles. The summed E-state index contributed by atoms with van der Waals surface area (Å²) in [6.07, 6.45) is 0.178. The number of hydrogen-bond donors (Lipinski definition) is 1. The number of amides is 2. The van der Waals surface area contributed by atoms with Gasteiger partial charge in [0.15, 0.2) is 0 Å². The molecule has 1 aliphatic rings. The number of nitrogens with one attached hydrogen (secondary N) is 1. The fourth-order valence-electron chi connectivity index (χ4n) is 4.18. The molecule has 1 fully saturated rings. The summed E-state index contributed by atoms with van der Waals surface area (Å²) in [5.41, 5.74) is 2.77. The van der Waals surface area contributed by atoms with Crippen LogP contribution in [-0.4, -0.2) is 45.0 Å². The molecule has 0 radical (unpaired) electrons. The van der Waals surface area contributed by atoms with Gasteiger partial charge in [0.1, 0.15) is 5.75 Å². The summed E-state index contributed by atoms with van der Waals surface area (Å²) in [7, 11) is 1.63. The second-order valence-electron chi connectivity index (χ2n) is 7.97. The first kappa shape index (κ1) is 21.1. The average Bonchev–Trinajstić information content (AvgIpc) is 3.53. The van der Waals surface area contributed by atoms with Crippen LogP contribution in [0.1, 0.15) is 24.9 Å². The van der Waals surface area contributed by atoms with E-state index in [1.54, 1.807) is 16.5 Å². The maximum absolute atomic E-state index is 12.9. The normalized spacial score (nSPS) is 16.8. The van der Waals surface area contributed by atoms with Gasteiger partial charge < -0.3 is 9.64 Å². The minimum atomic E-state index is -0.445. The van der Waals surface area contributed by atoms with Gasteiger partial charge in [0.2, 0.25) is 22.7 Å². The third-order valence-electron chi connectivity index (χ3n) is 5.98. The topological polar surface area (TPSA) is 88.8 Å². The SMILES string of the molecule is COc1ccccc1-c1csc2nc(NC(=O)C3CC(=O)N(C(C)c4ccccc4)C3)nn12. The second kappa shape index (κ2) is 8.67. The quantitative estimate of drug-likeness (QED) is 0.469. The molecule has 8 nitrogen and oxygen atoms in total. The van der Waals surface area contributed by atoms with Crippen molar-refractivity contribution in [2.75, 3.05) is 19.0 Å². The van der Waals surface area contributed by atoms with Gasteiger partial charge in [0.25, 0.3) is 0 Å². The molecule has 4 aromatic rings. The smallest absolute Gasteiger partial charge is 0.250 e. The first-order chi connectivity index (χ1) is 16.0. The summed E-state index contributed by atoms with van der Waals surface area (Å²) in [6.45, 7) is 2.35. The van der Waals surface area contributed by atoms with Gasteiger partial charge in [-0.2, -0.15) is 4.98 Å². The largest absolute Gasteiger partial charge is 0.496 e. The highest BCUT2D eigenvalue weighted by atomic mass is 32.1. The van der Waals surface area contributed by atoms with Gasteiger partial charge in [-0.25, -0.2) is 4.52 Å². The molecule has 2 amide bonds. The number of aromatic nitrogens is 3. The van der Waals surface area contributed by atoms with Crippen LogP contribution in [-0.2, 0) is 9.59 Å². The van der Waals surface area contributed by atoms with Crippen LogP contribution in [0.25, 0.3) is 16.2 Å². The number of benzene rings is 2. The Kier molecular flexibility index (Phi) is 5.55. The Hall–Kier alpha value is -3.72. The van der Waals surface area contributed by atoms with Crippen molar-refractivity contribution < 1.29 is 14.3 Å². The third-order valence-corrected chi connectivity index (χ3v) is 6.79. The molecule has 2 aromatic heterocycles. The molecule has 0 aliphatic carbocycles. The molecule has 0 saturated carbocycles. The second-order valence-corrected chi connectivity index (χ2v) is 8.81. The highest BCUT2D eigenvalue weighted by Crippen LogP contribution is 2.33. The number of rotatable bonds is 6. The number of methoxy groups -OCH3 is 1. The van der Waals surface area contributed by atoms with Crippen molar-refractivity contribution in [2.45, 2.75) is 19.4 Å². The molecular weight excluding hydrogens is 438 g/mol. The summed E-state index contributed by atoms with van der Waals surface area (Å²) in [6, 6.07) is 17.4. The Morgan fingerprint density at radius 1 is 1.18 bits per heavy atom. The molecule has 9 heteroatoms. The van der Waals surface area contributed by atoms with Crippen molar-refractivity contribution in [3.05, 3.63) is 65.5 Å². The summed E-state index contributed by atoms with van der Waals surface area (Å²) in [4.78, 5) is 32.4. The van der Waals surface area contributed by atoms with E-state index in [1.165, 1.54) is 11.3 Å². The van der Waals surface area contributed by atoms with E-state index < -0.39 is 5.92 Å². The van der Waals surface area contributed by atoms with E-state index in [4.69, 9.17) is 4.74 Å². The summed E-state index contributed by atoms with van der Waals surface area (Å²) in [5.74, 6) is 0.242. The van der Waals surface area contributed by atoms with E-state index in [9.17, 15) is 9.59 Å². The minimum absolute atomic E-state index is 0.0243. The number of carbonyl (C=O) groups is 2. The zero-order chi connectivity index (χ0) is 22.9. The molecule has 168 valence electrons. The summed E-state index contributed by atoms with van der Waals surface area (Å²) >= 11 is 1.43. The van der Waals surface area contributed by atoms with E-state index in [1.807, 2.05) is 66.9 Å². The Labute approximate surface area is 194 Å². The maximum Gasteiger partial charge on any atom is 0.250 e. The number of likely N-dealkylation sites (tertiary alicyclic amines) is 1. The number of para-hydroxylation sites is 1. The van der Waals surface area contributed by atoms with Gasteiger partial charge in [0, 0.05) is 23.9 Å². The lowest BCUT2D eigenvalue weighted by atomic mass is 10.1. The zero-order valence-corrected chi connectivity index (χ0v) is 19.1. The molecule has 2 unspecified atom stereocenters. The predicted molar refractivity (Wildman–Crippen MR) is 126 cm³/mol. The number of ether oxygens (including phenoxy) is 1. The number of hydrogen-bond acceptors (Lipinski definition) is 6. The molecule has 0 bridgehead atoms. The number of nitrogens with zero attached hydrogens (tertiary/aromatic N) is 4. The first-order valence-corrected chi connectivity index (χ1v) is 11.6. The fourth-order valence-corrected chi connectivity index (χ4v) is 5.00. The number of carbonyl (C=O) groups excluding carboxylic acids is 2. The Balaban J connectivity index is 1.32. The fraction of sp³-hybridized carbons (Fsp3) is 0.250. The Bertz CT molecular complexity index is 1320. The van der Waals surface area contributed by atoms with Crippen molar-refractivity contribution in [3.63, 3.8) is 0 Å². The lowest BCUT2D eigenvalue weighted by Gasteiger charge is -2.25. The van der Waals surface area contributed by atoms with Crippen molar-refractivity contribution >= 4 is 34.1 Å². The molecule has 2 aromatic carbocycles. The molecule has 1 N–H and O–H groups in total. The van der Waals surface area contributed by atoms with Gasteiger partial charge in [-0.1, -0.05) is 42.5 Å². The monoisotopic (exact) mass is 461 g/mol. The molecule has 5 rings (SSSR count). The van der Waals surface area contributed by atoms with E-state index in [0.29, 0.717) is 11.5 Å². The minimum Gasteiger partial charge on any atom is -0.496 e. The Morgan fingerprint density at radius 3 is 2.73 bits per heavy atom. The van der Waals surface area contributed by atoms with Crippen LogP contribution in [0.5, 0.6) is 5.75 Å². The first-order valence-electron chi connectivity index (χ1n) is 10.7. The van der Waals surface area contributed by atoms with Crippen LogP contribution in [0.2, 0.25) is 0 Å². The predicted octanol–water partition coefficient (Wildman–Crippen LogP) is 4.01. The van der Waals surface area contributed by atoms with Gasteiger partial charge in [0.05, 0.1) is 24.8 Å². The van der Waals surface area contributed by atoms with Crippen LogP contribution < -0.4 is 10.1 Å². The summed E-state index contributed by atoms with van der Waals surface area (Å²) < 4.78 is 7.16. The van der Waals surface area contributed by atoms with Gasteiger partial charge in [-0.15, -0.1) is 16.4 Å². The van der Waals surface area contributed by atoms with Crippen LogP contribution in [0.15, 0.2) is 60.0 Å². The van der Waals surface area contributed by atoms with E-state index >= 15 is 0 Å². The number of thiazole rings is 1. The van der Waals surface area contributed by atoms with Gasteiger partial charge in [-0.3, -0.25) is 14.9 Å². The highest BCUT2D eigenvalue weighted by Gasteiger charge is 2.37. The lowest BCUT2D eigenvalue weighted by molar-refractivity contribution is -0.129. The van der Waals surface area contributed by atoms with Crippen LogP contribution in [0.4, 0.5) is 5.95 Å². The lowest BCUT2D eigenvalue weighted by Crippen LogP contribution is -2.30. The average molecular weight is 462 g/mol. The highest BCUT2D eigenvalue weighted by molar-refractivity contribution is 7.15. The van der Waals surface area contributed by atoms with Crippen molar-refractivity contribution in [2.24, 2.45) is 5.92 Å². The molecule has 2 atom stereocenters. The molecule has 0 spiro atoms. The van der Waals surface area contributed by atoms with Crippen molar-refractivity contribution in [1.29, 1.82) is 0 Å². The zero-order valence-electron chi connectivity index (χ0n) is 18.3. The number of anilines is 1. The van der Waals surface area contributed by atoms with Gasteiger partial charge in [-0.05, 0) is 24.6 Å². The van der Waals surface area contributed by atoms with E-state index in [0.717, 1.165) is 22.6 Å². The molecular formula is C24H23N5O3S. The maximum atomic E-state index is 12.9. The standard InChI is InChI=1S/C24H23N5O3S/c1-15(16-8-4-3-5-9-16)28-13-17(12-21(28)30)22(31)25-23-26-24-29(27-23)19(14-33-24)18-10-6-7-11-20(18)32-2/h3-11,14-15,17H,12-13H2,1-2H3,(H,25,27,31). The van der Waals surface area contributed by atoms with Gasteiger partial charge >= 0.3 is 0 Å².